The first-order valence-electron chi connectivity index (χ1n) is 7.78. The highest BCUT2D eigenvalue weighted by atomic mass is 19.1. The van der Waals surface area contributed by atoms with Gasteiger partial charge in [-0.3, -0.25) is 0 Å². The molecule has 3 nitrogen and oxygen atoms in total. The maximum Gasteiger partial charge on any atom is 0.335 e. The minimum atomic E-state index is -1.09. The number of carbonyl (C=O) groups is 1. The zero-order valence-corrected chi connectivity index (χ0v) is 12.8. The average molecular weight is 293 g/mol. The van der Waals surface area contributed by atoms with Gasteiger partial charge in [-0.15, -0.1) is 0 Å². The van der Waals surface area contributed by atoms with Crippen LogP contribution in [0.2, 0.25) is 0 Å². The van der Waals surface area contributed by atoms with Crippen molar-refractivity contribution in [3.05, 3.63) is 29.6 Å². The van der Waals surface area contributed by atoms with Crippen LogP contribution in [0.4, 0.5) is 10.1 Å². The van der Waals surface area contributed by atoms with Crippen molar-refractivity contribution in [3.8, 4) is 0 Å². The third-order valence-corrected chi connectivity index (χ3v) is 4.22. The summed E-state index contributed by atoms with van der Waals surface area (Å²) in [5, 5.41) is 8.95. The summed E-state index contributed by atoms with van der Waals surface area (Å²) in [6.45, 7) is 5.15. The fourth-order valence-electron chi connectivity index (χ4n) is 2.99. The second-order valence-electron chi connectivity index (χ2n) is 6.29. The van der Waals surface area contributed by atoms with E-state index >= 15 is 0 Å². The van der Waals surface area contributed by atoms with Gasteiger partial charge in [0.1, 0.15) is 5.82 Å². The largest absolute Gasteiger partial charge is 0.478 e. The summed E-state index contributed by atoms with van der Waals surface area (Å²) < 4.78 is 14.3. The maximum atomic E-state index is 14.3. The molecule has 2 rings (SSSR count). The highest BCUT2D eigenvalue weighted by molar-refractivity contribution is 5.88. The van der Waals surface area contributed by atoms with E-state index in [1.54, 1.807) is 6.07 Å². The van der Waals surface area contributed by atoms with Crippen LogP contribution in [0.1, 0.15) is 56.3 Å². The Balaban J connectivity index is 2.24. The van der Waals surface area contributed by atoms with E-state index in [0.29, 0.717) is 17.6 Å². The van der Waals surface area contributed by atoms with Crippen LogP contribution in [0, 0.1) is 11.7 Å². The van der Waals surface area contributed by atoms with E-state index in [1.165, 1.54) is 18.9 Å². The second kappa shape index (κ2) is 6.92. The highest BCUT2D eigenvalue weighted by Gasteiger charge is 2.25. The average Bonchev–Trinajstić information content (AvgIpc) is 2.94. The van der Waals surface area contributed by atoms with Gasteiger partial charge in [-0.1, -0.05) is 26.7 Å². The summed E-state index contributed by atoms with van der Waals surface area (Å²) in [5.41, 5.74) is 0.555. The molecule has 4 heteroatoms. The van der Waals surface area contributed by atoms with Crippen LogP contribution in [0.15, 0.2) is 18.2 Å². The Hall–Kier alpha value is -1.58. The zero-order chi connectivity index (χ0) is 15.4. The van der Waals surface area contributed by atoms with E-state index in [9.17, 15) is 9.18 Å². The quantitative estimate of drug-likeness (QED) is 0.849. The highest BCUT2D eigenvalue weighted by Crippen LogP contribution is 2.31. The fraction of sp³-hybridized carbons (Fsp3) is 0.588. The monoisotopic (exact) mass is 293 g/mol. The van der Waals surface area contributed by atoms with Gasteiger partial charge in [0.2, 0.25) is 0 Å². The lowest BCUT2D eigenvalue weighted by Gasteiger charge is -2.32. The standard InChI is InChI=1S/C17H24FNO2/c1-12(2)9-10-19(14-5-3-4-6-14)16-8-7-13(17(20)21)11-15(16)18/h7-8,11-12,14H,3-6,9-10H2,1-2H3,(H,20,21). The predicted octanol–water partition coefficient (Wildman–Crippen LogP) is 4.32. The normalized spacial score (nSPS) is 15.6. The van der Waals surface area contributed by atoms with E-state index in [1.807, 2.05) is 0 Å². The van der Waals surface area contributed by atoms with E-state index in [-0.39, 0.29) is 5.56 Å². The van der Waals surface area contributed by atoms with Gasteiger partial charge in [0.15, 0.2) is 0 Å². The van der Waals surface area contributed by atoms with Gasteiger partial charge >= 0.3 is 5.97 Å². The molecule has 1 aromatic rings. The molecule has 1 aliphatic rings. The molecular weight excluding hydrogens is 269 g/mol. The number of rotatable bonds is 6. The molecule has 0 atom stereocenters. The number of carboxylic acid groups (broad SMARTS) is 1. The van der Waals surface area contributed by atoms with Gasteiger partial charge in [0.05, 0.1) is 11.3 Å². The van der Waals surface area contributed by atoms with Crippen LogP contribution >= 0.6 is 0 Å². The van der Waals surface area contributed by atoms with Gasteiger partial charge in [0, 0.05) is 12.6 Å². The van der Waals surface area contributed by atoms with Crippen molar-refractivity contribution < 1.29 is 14.3 Å². The van der Waals surface area contributed by atoms with Crippen molar-refractivity contribution in [1.29, 1.82) is 0 Å². The lowest BCUT2D eigenvalue weighted by atomic mass is 10.1. The number of hydrogen-bond acceptors (Lipinski definition) is 2. The van der Waals surface area contributed by atoms with Crippen molar-refractivity contribution in [2.75, 3.05) is 11.4 Å². The third kappa shape index (κ3) is 3.96. The molecule has 0 saturated heterocycles. The van der Waals surface area contributed by atoms with Gasteiger partial charge in [-0.2, -0.15) is 0 Å². The van der Waals surface area contributed by atoms with Crippen molar-refractivity contribution >= 4 is 11.7 Å². The Bertz CT molecular complexity index is 496. The molecule has 1 aliphatic carbocycles. The SMILES string of the molecule is CC(C)CCN(c1ccc(C(=O)O)cc1F)C1CCCC1. The van der Waals surface area contributed by atoms with Crippen molar-refractivity contribution in [1.82, 2.24) is 0 Å². The molecule has 1 saturated carbocycles. The summed E-state index contributed by atoms with van der Waals surface area (Å²) in [4.78, 5) is 13.1. The van der Waals surface area contributed by atoms with Gasteiger partial charge < -0.3 is 10.0 Å². The minimum absolute atomic E-state index is 0.00600. The Morgan fingerprint density at radius 3 is 2.57 bits per heavy atom. The first-order valence-corrected chi connectivity index (χ1v) is 7.78. The molecule has 0 aliphatic heterocycles. The van der Waals surface area contributed by atoms with Gasteiger partial charge in [0.25, 0.3) is 0 Å². The van der Waals surface area contributed by atoms with E-state index in [4.69, 9.17) is 5.11 Å². The maximum absolute atomic E-state index is 14.3. The van der Waals surface area contributed by atoms with E-state index in [2.05, 4.69) is 18.7 Å². The van der Waals surface area contributed by atoms with Crippen molar-refractivity contribution in [2.45, 2.75) is 52.0 Å². The number of anilines is 1. The minimum Gasteiger partial charge on any atom is -0.478 e. The van der Waals surface area contributed by atoms with Crippen LogP contribution in [0.25, 0.3) is 0 Å². The Morgan fingerprint density at radius 1 is 1.38 bits per heavy atom. The van der Waals surface area contributed by atoms with E-state index < -0.39 is 11.8 Å². The predicted molar refractivity (Wildman–Crippen MR) is 82.4 cm³/mol. The topological polar surface area (TPSA) is 40.5 Å². The number of halogens is 1. The molecule has 116 valence electrons. The molecular formula is C17H24FNO2. The Labute approximate surface area is 125 Å². The van der Waals surface area contributed by atoms with Crippen LogP contribution < -0.4 is 4.90 Å². The second-order valence-corrected chi connectivity index (χ2v) is 6.29. The van der Waals surface area contributed by atoms with Crippen LogP contribution in [0.3, 0.4) is 0 Å². The molecule has 0 bridgehead atoms. The van der Waals surface area contributed by atoms with Crippen LogP contribution in [0.5, 0.6) is 0 Å². The number of carboxylic acids is 1. The Kier molecular flexibility index (Phi) is 5.21. The number of nitrogens with zero attached hydrogens (tertiary/aromatic N) is 1. The van der Waals surface area contributed by atoms with Crippen LogP contribution in [-0.4, -0.2) is 23.7 Å². The summed E-state index contributed by atoms with van der Waals surface area (Å²) in [7, 11) is 0. The van der Waals surface area contributed by atoms with Crippen molar-refractivity contribution in [3.63, 3.8) is 0 Å². The summed E-state index contributed by atoms with van der Waals surface area (Å²) in [6.07, 6.45) is 5.59. The Morgan fingerprint density at radius 2 is 2.05 bits per heavy atom. The fourth-order valence-corrected chi connectivity index (χ4v) is 2.99. The summed E-state index contributed by atoms with van der Waals surface area (Å²) >= 11 is 0. The number of benzene rings is 1. The molecule has 0 heterocycles. The molecule has 1 fully saturated rings. The van der Waals surface area contributed by atoms with Gasteiger partial charge in [-0.05, 0) is 43.4 Å². The molecule has 0 amide bonds. The molecule has 21 heavy (non-hydrogen) atoms. The molecule has 0 spiro atoms. The zero-order valence-electron chi connectivity index (χ0n) is 12.8. The molecule has 0 unspecified atom stereocenters. The molecule has 0 radical (unpaired) electrons. The van der Waals surface area contributed by atoms with Crippen LogP contribution in [-0.2, 0) is 0 Å². The first-order chi connectivity index (χ1) is 9.99. The van der Waals surface area contributed by atoms with E-state index in [0.717, 1.165) is 31.9 Å². The third-order valence-electron chi connectivity index (χ3n) is 4.22. The lowest BCUT2D eigenvalue weighted by Crippen LogP contribution is -2.35. The number of hydrogen-bond donors (Lipinski definition) is 1. The van der Waals surface area contributed by atoms with Crippen molar-refractivity contribution in [2.24, 2.45) is 5.92 Å². The molecule has 1 aromatic carbocycles. The number of aromatic carboxylic acids is 1. The smallest absolute Gasteiger partial charge is 0.335 e. The van der Waals surface area contributed by atoms with Gasteiger partial charge in [-0.25, -0.2) is 9.18 Å². The summed E-state index contributed by atoms with van der Waals surface area (Å²) in [6, 6.07) is 4.64. The first kappa shape index (κ1) is 15.8. The summed E-state index contributed by atoms with van der Waals surface area (Å²) in [5.74, 6) is -0.948. The molecule has 0 aromatic heterocycles. The molecule has 1 N–H and O–H groups in total. The lowest BCUT2D eigenvalue weighted by molar-refractivity contribution is 0.0696.